The van der Waals surface area contributed by atoms with Crippen LogP contribution in [0.5, 0.6) is 0 Å². The predicted octanol–water partition coefficient (Wildman–Crippen LogP) is 2.06. The third-order valence-corrected chi connectivity index (χ3v) is 11.1. The molecule has 224 valence electrons. The van der Waals surface area contributed by atoms with Gasteiger partial charge in [-0.2, -0.15) is 25.4 Å². The standard InChI is InChI=1S/C19H33N2O14P3S/c1-2-39-12-14-8-9-21(19(24)20-14)18-17(23)16(22)15(33-18)11-32-37(27,28)35-38(29,30)34-36(25,26)31-10-13-6-4-3-5-7-13/h8-9,13,15-18,22-23H,2-7,10-12H2,1H3,(H,25,26)(H,27,28)(H,29,30)/t15-,16?,17+,18-/m1/s1. The van der Waals surface area contributed by atoms with E-state index in [1.54, 1.807) is 0 Å². The molecule has 0 radical (unpaired) electrons. The summed E-state index contributed by atoms with van der Waals surface area (Å²) in [5.74, 6) is 1.26. The molecule has 16 nitrogen and oxygen atoms in total. The molecule has 7 atom stereocenters. The molecule has 4 unspecified atom stereocenters. The molecule has 5 N–H and O–H groups in total. The highest BCUT2D eigenvalue weighted by Gasteiger charge is 2.47. The zero-order valence-corrected chi connectivity index (χ0v) is 24.5. The number of ether oxygens (including phenoxy) is 1. The second-order valence-electron chi connectivity index (χ2n) is 8.96. The highest BCUT2D eigenvalue weighted by atomic mass is 32.2. The summed E-state index contributed by atoms with van der Waals surface area (Å²) in [6.45, 7) is 0.768. The highest BCUT2D eigenvalue weighted by Crippen LogP contribution is 2.67. The van der Waals surface area contributed by atoms with E-state index in [9.17, 15) is 43.4 Å². The average Bonchev–Trinajstić information content (AvgIpc) is 3.13. The van der Waals surface area contributed by atoms with Crippen LogP contribution < -0.4 is 5.69 Å². The Kier molecular flexibility index (Phi) is 12.0. The zero-order valence-electron chi connectivity index (χ0n) is 21.0. The van der Waals surface area contributed by atoms with Crippen molar-refractivity contribution >= 4 is 35.2 Å². The van der Waals surface area contributed by atoms with Crippen molar-refractivity contribution < 1.29 is 61.0 Å². The van der Waals surface area contributed by atoms with Gasteiger partial charge in [-0.25, -0.2) is 18.5 Å². The number of phosphoric ester groups is 2. The Morgan fingerprint density at radius 2 is 1.62 bits per heavy atom. The molecule has 1 aliphatic heterocycles. The molecule has 0 bridgehead atoms. The summed E-state index contributed by atoms with van der Waals surface area (Å²) < 4.78 is 60.1. The minimum absolute atomic E-state index is 0.0456. The van der Waals surface area contributed by atoms with Crippen LogP contribution in [0.1, 0.15) is 50.9 Å². The van der Waals surface area contributed by atoms with Crippen molar-refractivity contribution in [1.29, 1.82) is 0 Å². The lowest BCUT2D eigenvalue weighted by Gasteiger charge is -2.23. The number of aliphatic hydroxyl groups excluding tert-OH is 2. The second-order valence-corrected chi connectivity index (χ2v) is 14.9. The van der Waals surface area contributed by atoms with Gasteiger partial charge in [-0.3, -0.25) is 13.6 Å². The fraction of sp³-hybridized carbons (Fsp3) is 0.789. The lowest BCUT2D eigenvalue weighted by Crippen LogP contribution is -2.36. The van der Waals surface area contributed by atoms with Gasteiger partial charge in [-0.1, -0.05) is 26.2 Å². The van der Waals surface area contributed by atoms with E-state index in [4.69, 9.17) is 9.26 Å². The minimum atomic E-state index is -5.66. The maximum absolute atomic E-state index is 12.4. The summed E-state index contributed by atoms with van der Waals surface area (Å²) in [5.41, 5.74) is -0.271. The minimum Gasteiger partial charge on any atom is -0.387 e. The van der Waals surface area contributed by atoms with Crippen molar-refractivity contribution in [3.63, 3.8) is 0 Å². The average molecular weight is 638 g/mol. The molecule has 20 heteroatoms. The molecule has 1 aliphatic carbocycles. The summed E-state index contributed by atoms with van der Waals surface area (Å²) in [5, 5.41) is 20.6. The van der Waals surface area contributed by atoms with Gasteiger partial charge in [0.15, 0.2) is 6.23 Å². The number of nitrogens with zero attached hydrogens (tertiary/aromatic N) is 2. The van der Waals surface area contributed by atoms with Crippen LogP contribution in [0.4, 0.5) is 0 Å². The molecule has 39 heavy (non-hydrogen) atoms. The predicted molar refractivity (Wildman–Crippen MR) is 136 cm³/mol. The first-order valence-electron chi connectivity index (χ1n) is 12.1. The maximum Gasteiger partial charge on any atom is 0.490 e. The van der Waals surface area contributed by atoms with Crippen LogP contribution in [0.25, 0.3) is 0 Å². The molecule has 0 aromatic carbocycles. The Hall–Kier alpha value is -0.480. The Morgan fingerprint density at radius 1 is 1.00 bits per heavy atom. The Labute approximate surface area is 228 Å². The molecule has 2 heterocycles. The van der Waals surface area contributed by atoms with E-state index in [2.05, 4.69) is 18.1 Å². The van der Waals surface area contributed by atoms with Crippen LogP contribution >= 0.6 is 35.2 Å². The smallest absolute Gasteiger partial charge is 0.387 e. The molecule has 0 amide bonds. The van der Waals surface area contributed by atoms with Crippen LogP contribution in [0, 0.1) is 5.92 Å². The molecule has 1 aromatic rings. The van der Waals surface area contributed by atoms with E-state index in [1.807, 2.05) is 6.92 Å². The molecule has 2 aliphatic rings. The van der Waals surface area contributed by atoms with Gasteiger partial charge in [0.1, 0.15) is 18.3 Å². The van der Waals surface area contributed by atoms with E-state index in [1.165, 1.54) is 24.0 Å². The van der Waals surface area contributed by atoms with Crippen molar-refractivity contribution in [2.75, 3.05) is 19.0 Å². The van der Waals surface area contributed by atoms with Gasteiger partial charge >= 0.3 is 29.2 Å². The van der Waals surface area contributed by atoms with Gasteiger partial charge in [0.2, 0.25) is 0 Å². The quantitative estimate of drug-likeness (QED) is 0.183. The Morgan fingerprint density at radius 3 is 2.21 bits per heavy atom. The van der Waals surface area contributed by atoms with Crippen molar-refractivity contribution in [2.24, 2.45) is 5.92 Å². The Bertz CT molecular complexity index is 1160. The van der Waals surface area contributed by atoms with E-state index < -0.39 is 60.3 Å². The number of rotatable bonds is 14. The molecule has 1 saturated carbocycles. The first kappa shape index (κ1) is 33.0. The summed E-state index contributed by atoms with van der Waals surface area (Å²) >= 11 is 1.54. The number of aromatic nitrogens is 2. The molecular formula is C19H33N2O14P3S. The highest BCUT2D eigenvalue weighted by molar-refractivity contribution is 7.98. The van der Waals surface area contributed by atoms with Gasteiger partial charge < -0.3 is 29.6 Å². The van der Waals surface area contributed by atoms with Crippen molar-refractivity contribution in [2.45, 2.75) is 69.3 Å². The van der Waals surface area contributed by atoms with Crippen LogP contribution in [0.3, 0.4) is 0 Å². The topological polar surface area (TPSA) is 233 Å². The molecule has 2 fully saturated rings. The normalized spacial score (nSPS) is 29.0. The third kappa shape index (κ3) is 10.1. The lowest BCUT2D eigenvalue weighted by atomic mass is 9.90. The monoisotopic (exact) mass is 638 g/mol. The van der Waals surface area contributed by atoms with Crippen LogP contribution in [-0.4, -0.2) is 71.7 Å². The van der Waals surface area contributed by atoms with Gasteiger partial charge in [-0.15, -0.1) is 0 Å². The first-order chi connectivity index (χ1) is 18.2. The largest absolute Gasteiger partial charge is 0.490 e. The van der Waals surface area contributed by atoms with Gasteiger partial charge in [0, 0.05) is 11.9 Å². The molecule has 0 spiro atoms. The first-order valence-corrected chi connectivity index (χ1v) is 17.7. The van der Waals surface area contributed by atoms with Crippen molar-refractivity contribution in [3.05, 3.63) is 28.4 Å². The molecular weight excluding hydrogens is 605 g/mol. The number of aliphatic hydroxyl groups is 2. The van der Waals surface area contributed by atoms with Crippen molar-refractivity contribution in [3.8, 4) is 0 Å². The zero-order chi connectivity index (χ0) is 28.8. The number of phosphoric acid groups is 3. The van der Waals surface area contributed by atoms with Gasteiger partial charge in [-0.05, 0) is 30.6 Å². The Balaban J connectivity index is 1.54. The van der Waals surface area contributed by atoms with E-state index in [0.29, 0.717) is 11.4 Å². The summed E-state index contributed by atoms with van der Waals surface area (Å²) in [6, 6.07) is 1.53. The van der Waals surface area contributed by atoms with Crippen LogP contribution in [0.15, 0.2) is 17.1 Å². The lowest BCUT2D eigenvalue weighted by molar-refractivity contribution is -0.0542. The number of hydrogen-bond acceptors (Lipinski definition) is 13. The van der Waals surface area contributed by atoms with E-state index in [0.717, 1.165) is 42.4 Å². The van der Waals surface area contributed by atoms with E-state index in [-0.39, 0.29) is 12.5 Å². The molecule has 1 aromatic heterocycles. The fourth-order valence-corrected chi connectivity index (χ4v) is 8.23. The molecule has 1 saturated heterocycles. The van der Waals surface area contributed by atoms with Crippen LogP contribution in [-0.2, 0) is 41.9 Å². The SMILES string of the molecule is CCSCc1ccn([C@@H]2O[C@H](COP(=O)(O)OP(=O)(O)OP(=O)(O)OCC3CCCCC3)C(O)[C@@H]2O)c(=O)n1. The van der Waals surface area contributed by atoms with Crippen molar-refractivity contribution in [1.82, 2.24) is 9.55 Å². The van der Waals surface area contributed by atoms with Gasteiger partial charge in [0.25, 0.3) is 0 Å². The summed E-state index contributed by atoms with van der Waals surface area (Å²) in [6.07, 6.45) is -0.640. The summed E-state index contributed by atoms with van der Waals surface area (Å²) in [7, 11) is -16.2. The molecule has 3 rings (SSSR count). The fourth-order valence-electron chi connectivity index (χ4n) is 4.07. The van der Waals surface area contributed by atoms with Gasteiger partial charge in [0.05, 0.1) is 18.9 Å². The number of hydrogen-bond donors (Lipinski definition) is 5. The second kappa shape index (κ2) is 14.1. The third-order valence-electron chi connectivity index (χ3n) is 5.97. The maximum atomic E-state index is 12.4. The summed E-state index contributed by atoms with van der Waals surface area (Å²) in [4.78, 5) is 45.6. The van der Waals surface area contributed by atoms with E-state index >= 15 is 0 Å². The van der Waals surface area contributed by atoms with Crippen LogP contribution in [0.2, 0.25) is 0 Å². The number of thioether (sulfide) groups is 1.